The average molecular weight is 457 g/mol. The van der Waals surface area contributed by atoms with Gasteiger partial charge in [-0.2, -0.15) is 0 Å². The van der Waals surface area contributed by atoms with Gasteiger partial charge in [0, 0.05) is 19.0 Å². The Morgan fingerprint density at radius 1 is 1.06 bits per heavy atom. The molecule has 2 fully saturated rings. The highest BCUT2D eigenvalue weighted by atomic mass is 16.6. The van der Waals surface area contributed by atoms with Crippen molar-refractivity contribution in [3.05, 3.63) is 17.0 Å². The summed E-state index contributed by atoms with van der Waals surface area (Å²) in [6.45, 7) is 0.710. The lowest BCUT2D eigenvalue weighted by molar-refractivity contribution is -0.159. The van der Waals surface area contributed by atoms with Gasteiger partial charge < -0.3 is 15.0 Å². The summed E-state index contributed by atoms with van der Waals surface area (Å²) in [6.07, 6.45) is 6.58. The highest BCUT2D eigenvalue weighted by Gasteiger charge is 2.38. The molecule has 1 aliphatic heterocycles. The van der Waals surface area contributed by atoms with Crippen LogP contribution >= 0.6 is 0 Å². The number of nitrogens with zero attached hydrogens (tertiary/aromatic N) is 4. The zero-order chi connectivity index (χ0) is 23.2. The Labute approximate surface area is 190 Å². The molecular formula is C22H27N5O6. The van der Waals surface area contributed by atoms with Crippen LogP contribution in [0.1, 0.15) is 51.4 Å². The summed E-state index contributed by atoms with van der Waals surface area (Å²) in [5.41, 5.74) is 1.27. The van der Waals surface area contributed by atoms with Crippen molar-refractivity contribution >= 4 is 40.1 Å². The van der Waals surface area contributed by atoms with Gasteiger partial charge in [-0.05, 0) is 59.7 Å². The number of esters is 1. The van der Waals surface area contributed by atoms with Gasteiger partial charge in [-0.3, -0.25) is 9.59 Å². The normalized spacial score (nSPS) is 19.3. The molecule has 4 rings (SSSR count). The predicted octanol–water partition coefficient (Wildman–Crippen LogP) is 3.11. The average Bonchev–Trinajstić information content (AvgIpc) is 3.36. The van der Waals surface area contributed by atoms with E-state index in [4.69, 9.17) is 4.74 Å². The first-order valence-corrected chi connectivity index (χ1v) is 11.4. The van der Waals surface area contributed by atoms with E-state index in [9.17, 15) is 19.3 Å². The van der Waals surface area contributed by atoms with Crippen LogP contribution in [0.5, 0.6) is 0 Å². The third kappa shape index (κ3) is 5.01. The minimum absolute atomic E-state index is 0.0500. The number of aromatic nitrogens is 2. The van der Waals surface area contributed by atoms with E-state index >= 15 is 0 Å². The van der Waals surface area contributed by atoms with Crippen LogP contribution in [-0.2, 0) is 19.1 Å². The SMILES string of the molecule is O=Nc1ccc(NCCOC(=O)C2CCCCN2C(=O)C(=O)C2CCCCC2)c2nonc12. The molecule has 2 heterocycles. The fourth-order valence-electron chi connectivity index (χ4n) is 4.60. The van der Waals surface area contributed by atoms with Crippen LogP contribution in [0.3, 0.4) is 0 Å². The molecular weight excluding hydrogens is 430 g/mol. The van der Waals surface area contributed by atoms with E-state index in [2.05, 4.69) is 25.4 Å². The first-order chi connectivity index (χ1) is 16.1. The third-order valence-electron chi connectivity index (χ3n) is 6.38. The predicted molar refractivity (Wildman–Crippen MR) is 118 cm³/mol. The van der Waals surface area contributed by atoms with Crippen LogP contribution in [-0.4, -0.2) is 58.6 Å². The quantitative estimate of drug-likeness (QED) is 0.273. The van der Waals surface area contributed by atoms with Crippen molar-refractivity contribution in [1.29, 1.82) is 0 Å². The van der Waals surface area contributed by atoms with E-state index in [1.165, 1.54) is 11.0 Å². The minimum atomic E-state index is -0.733. The number of rotatable bonds is 8. The van der Waals surface area contributed by atoms with Crippen molar-refractivity contribution in [2.45, 2.75) is 57.4 Å². The second-order valence-corrected chi connectivity index (χ2v) is 8.49. The van der Waals surface area contributed by atoms with Gasteiger partial charge >= 0.3 is 5.97 Å². The van der Waals surface area contributed by atoms with Crippen molar-refractivity contribution < 1.29 is 23.7 Å². The van der Waals surface area contributed by atoms with Gasteiger partial charge in [-0.1, -0.05) is 19.3 Å². The molecule has 1 saturated carbocycles. The van der Waals surface area contributed by atoms with Crippen molar-refractivity contribution in [1.82, 2.24) is 15.2 Å². The number of carbonyl (C=O) groups excluding carboxylic acids is 3. The second kappa shape index (κ2) is 10.5. The maximum absolute atomic E-state index is 12.9. The van der Waals surface area contributed by atoms with Crippen LogP contribution in [0.15, 0.2) is 21.9 Å². The number of piperidine rings is 1. The minimum Gasteiger partial charge on any atom is -0.462 e. The van der Waals surface area contributed by atoms with Gasteiger partial charge in [0.1, 0.15) is 18.3 Å². The lowest BCUT2D eigenvalue weighted by Gasteiger charge is -2.34. The Morgan fingerprint density at radius 3 is 2.61 bits per heavy atom. The first kappa shape index (κ1) is 22.8. The Morgan fingerprint density at radius 2 is 1.82 bits per heavy atom. The van der Waals surface area contributed by atoms with Gasteiger partial charge in [0.25, 0.3) is 5.91 Å². The van der Waals surface area contributed by atoms with Crippen molar-refractivity contribution in [3.63, 3.8) is 0 Å². The molecule has 2 aromatic rings. The lowest BCUT2D eigenvalue weighted by atomic mass is 9.85. The fraction of sp³-hybridized carbons (Fsp3) is 0.591. The van der Waals surface area contributed by atoms with E-state index < -0.39 is 17.9 Å². The number of hydrogen-bond donors (Lipinski definition) is 1. The van der Waals surface area contributed by atoms with Crippen molar-refractivity contribution in [2.75, 3.05) is 25.0 Å². The zero-order valence-electron chi connectivity index (χ0n) is 18.3. The van der Waals surface area contributed by atoms with Crippen LogP contribution in [0.25, 0.3) is 11.0 Å². The van der Waals surface area contributed by atoms with Crippen LogP contribution in [0, 0.1) is 10.8 Å². The number of fused-ring (bicyclic) bond motifs is 1. The summed E-state index contributed by atoms with van der Waals surface area (Å²) in [6, 6.07) is 2.37. The van der Waals surface area contributed by atoms with Crippen LogP contribution in [0.4, 0.5) is 11.4 Å². The number of ketones is 1. The molecule has 1 unspecified atom stereocenters. The van der Waals surface area contributed by atoms with Crippen LogP contribution in [0.2, 0.25) is 0 Å². The first-order valence-electron chi connectivity index (χ1n) is 11.4. The number of Topliss-reactive ketones (excluding diaryl/α,β-unsaturated/α-hetero) is 1. The lowest BCUT2D eigenvalue weighted by Crippen LogP contribution is -2.52. The van der Waals surface area contributed by atoms with E-state index in [-0.39, 0.29) is 36.1 Å². The van der Waals surface area contributed by atoms with Gasteiger partial charge in [0.15, 0.2) is 11.0 Å². The molecule has 0 radical (unpaired) electrons. The molecule has 1 aromatic carbocycles. The molecule has 11 nitrogen and oxygen atoms in total. The Kier molecular flexibility index (Phi) is 7.26. The number of likely N-dealkylation sites (tertiary alicyclic amines) is 1. The molecule has 1 aromatic heterocycles. The maximum Gasteiger partial charge on any atom is 0.328 e. The van der Waals surface area contributed by atoms with Gasteiger partial charge in [-0.15, -0.1) is 4.91 Å². The maximum atomic E-state index is 12.9. The van der Waals surface area contributed by atoms with Gasteiger partial charge in [0.2, 0.25) is 5.78 Å². The Bertz CT molecular complexity index is 1030. The molecule has 2 aliphatic rings. The monoisotopic (exact) mass is 457 g/mol. The second-order valence-electron chi connectivity index (χ2n) is 8.49. The summed E-state index contributed by atoms with van der Waals surface area (Å²) in [4.78, 5) is 50.6. The zero-order valence-corrected chi connectivity index (χ0v) is 18.3. The number of ether oxygens (including phenoxy) is 1. The molecule has 11 heteroatoms. The molecule has 176 valence electrons. The smallest absolute Gasteiger partial charge is 0.328 e. The largest absolute Gasteiger partial charge is 0.462 e. The number of nitrogens with one attached hydrogen (secondary N) is 1. The highest BCUT2D eigenvalue weighted by molar-refractivity contribution is 6.37. The molecule has 1 aliphatic carbocycles. The summed E-state index contributed by atoms with van der Waals surface area (Å²) in [5, 5.41) is 13.4. The number of amides is 1. The molecule has 0 spiro atoms. The molecule has 1 N–H and O–H groups in total. The summed E-state index contributed by atoms with van der Waals surface area (Å²) < 4.78 is 10.1. The molecule has 0 bridgehead atoms. The summed E-state index contributed by atoms with van der Waals surface area (Å²) >= 11 is 0. The van der Waals surface area contributed by atoms with E-state index in [1.54, 1.807) is 6.07 Å². The number of carbonyl (C=O) groups is 3. The number of hydrogen-bond acceptors (Lipinski definition) is 10. The van der Waals surface area contributed by atoms with E-state index in [0.29, 0.717) is 24.2 Å². The highest BCUT2D eigenvalue weighted by Crippen LogP contribution is 2.29. The van der Waals surface area contributed by atoms with Gasteiger partial charge in [0.05, 0.1) is 5.69 Å². The van der Waals surface area contributed by atoms with Crippen LogP contribution < -0.4 is 5.32 Å². The Hall–Kier alpha value is -3.37. The number of anilines is 1. The standard InChI is InChI=1S/C22H27N5O6/c28-20(14-6-2-1-3-7-14)21(29)27-12-5-4-8-17(27)22(30)32-13-11-23-15-9-10-16(24-31)19-18(15)25-33-26-19/h9-10,14,17,23H,1-8,11-13H2. The van der Waals surface area contributed by atoms with Crippen molar-refractivity contribution in [3.8, 4) is 0 Å². The molecule has 1 amide bonds. The van der Waals surface area contributed by atoms with E-state index in [0.717, 1.165) is 44.9 Å². The Balaban J connectivity index is 1.31. The fourth-order valence-corrected chi connectivity index (χ4v) is 4.60. The number of benzene rings is 1. The van der Waals surface area contributed by atoms with E-state index in [1.807, 2.05) is 0 Å². The topological polar surface area (TPSA) is 144 Å². The summed E-state index contributed by atoms with van der Waals surface area (Å²) in [7, 11) is 0. The van der Waals surface area contributed by atoms with Gasteiger partial charge in [-0.25, -0.2) is 9.42 Å². The summed E-state index contributed by atoms with van der Waals surface area (Å²) in [5.74, 6) is -1.64. The molecule has 33 heavy (non-hydrogen) atoms. The molecule has 1 atom stereocenters. The molecule has 1 saturated heterocycles. The van der Waals surface area contributed by atoms with Crippen molar-refractivity contribution in [2.24, 2.45) is 11.1 Å². The third-order valence-corrected chi connectivity index (χ3v) is 6.38. The number of nitroso groups, excluding NO2 is 1.